The third-order valence-corrected chi connectivity index (χ3v) is 4.19. The van der Waals surface area contributed by atoms with E-state index in [0.29, 0.717) is 6.04 Å². The Kier molecular flexibility index (Phi) is 4.01. The van der Waals surface area contributed by atoms with Gasteiger partial charge in [-0.15, -0.1) is 0 Å². The summed E-state index contributed by atoms with van der Waals surface area (Å²) < 4.78 is 5.39. The maximum Gasteiger partial charge on any atom is 0.0756 e. The van der Waals surface area contributed by atoms with Gasteiger partial charge in [0, 0.05) is 24.8 Å². The van der Waals surface area contributed by atoms with E-state index in [1.807, 2.05) is 18.2 Å². The molecule has 2 N–H and O–H groups in total. The van der Waals surface area contributed by atoms with E-state index < -0.39 is 0 Å². The largest absolute Gasteiger partial charge is 0.391 e. The first-order valence-electron chi connectivity index (χ1n) is 7.14. The van der Waals surface area contributed by atoms with Gasteiger partial charge in [0.15, 0.2) is 0 Å². The van der Waals surface area contributed by atoms with Crippen molar-refractivity contribution < 1.29 is 9.84 Å². The first-order valence-corrected chi connectivity index (χ1v) is 7.14. The number of anilines is 1. The second-order valence-corrected chi connectivity index (χ2v) is 5.46. The third-order valence-electron chi connectivity index (χ3n) is 4.19. The van der Waals surface area contributed by atoms with Crippen LogP contribution in [0.15, 0.2) is 30.3 Å². The summed E-state index contributed by atoms with van der Waals surface area (Å²) in [7, 11) is 0. The zero-order chi connectivity index (χ0) is 13.1. The van der Waals surface area contributed by atoms with Crippen molar-refractivity contribution in [2.45, 2.75) is 31.0 Å². The molecule has 2 fully saturated rings. The van der Waals surface area contributed by atoms with E-state index in [0.717, 1.165) is 44.8 Å². The van der Waals surface area contributed by atoms with Crippen LogP contribution >= 0.6 is 0 Å². The van der Waals surface area contributed by atoms with Crippen molar-refractivity contribution in [3.8, 4) is 0 Å². The molecule has 0 bridgehead atoms. The average Bonchev–Trinajstić information content (AvgIpc) is 2.82. The molecule has 1 saturated carbocycles. The number of nitrogens with zero attached hydrogens (tertiary/aromatic N) is 1. The van der Waals surface area contributed by atoms with E-state index in [-0.39, 0.29) is 12.1 Å². The van der Waals surface area contributed by atoms with Gasteiger partial charge in [0.25, 0.3) is 0 Å². The van der Waals surface area contributed by atoms with E-state index in [4.69, 9.17) is 4.74 Å². The highest BCUT2D eigenvalue weighted by Gasteiger charge is 2.36. The monoisotopic (exact) mass is 262 g/mol. The number of ether oxygens (including phenoxy) is 1. The van der Waals surface area contributed by atoms with Crippen LogP contribution in [0.25, 0.3) is 0 Å². The van der Waals surface area contributed by atoms with Crippen LogP contribution in [-0.2, 0) is 4.74 Å². The topological polar surface area (TPSA) is 44.7 Å². The van der Waals surface area contributed by atoms with Crippen LogP contribution in [0.1, 0.15) is 12.8 Å². The molecule has 2 aliphatic rings. The number of nitrogens with one attached hydrogen (secondary N) is 1. The van der Waals surface area contributed by atoms with E-state index in [9.17, 15) is 5.11 Å². The SMILES string of the molecule is OC1CC(N2CCOCC2)CC1Nc1ccccc1. The molecule has 1 saturated heterocycles. The molecule has 0 radical (unpaired) electrons. The summed E-state index contributed by atoms with van der Waals surface area (Å²) >= 11 is 0. The van der Waals surface area contributed by atoms with E-state index in [2.05, 4.69) is 22.3 Å². The van der Waals surface area contributed by atoms with Crippen LogP contribution < -0.4 is 5.32 Å². The van der Waals surface area contributed by atoms with Crippen LogP contribution in [0.4, 0.5) is 5.69 Å². The minimum atomic E-state index is -0.256. The molecule has 1 aromatic carbocycles. The van der Waals surface area contributed by atoms with E-state index in [1.165, 1.54) is 0 Å². The van der Waals surface area contributed by atoms with Crippen LogP contribution in [0.2, 0.25) is 0 Å². The highest BCUT2D eigenvalue weighted by atomic mass is 16.5. The maximum atomic E-state index is 10.2. The molecule has 1 heterocycles. The fourth-order valence-electron chi connectivity index (χ4n) is 3.13. The molecular weight excluding hydrogens is 240 g/mol. The van der Waals surface area contributed by atoms with Crippen molar-refractivity contribution in [3.05, 3.63) is 30.3 Å². The number of aliphatic hydroxyl groups is 1. The molecule has 4 nitrogen and oxygen atoms in total. The highest BCUT2D eigenvalue weighted by molar-refractivity contribution is 5.44. The molecule has 4 heteroatoms. The Morgan fingerprint density at radius 3 is 2.58 bits per heavy atom. The van der Waals surface area contributed by atoms with Crippen LogP contribution in [0.5, 0.6) is 0 Å². The molecule has 104 valence electrons. The first-order chi connectivity index (χ1) is 9.33. The number of morpholine rings is 1. The van der Waals surface area contributed by atoms with Crippen molar-refractivity contribution in [1.82, 2.24) is 4.90 Å². The van der Waals surface area contributed by atoms with Crippen molar-refractivity contribution in [1.29, 1.82) is 0 Å². The van der Waals surface area contributed by atoms with E-state index >= 15 is 0 Å². The van der Waals surface area contributed by atoms with Gasteiger partial charge in [-0.2, -0.15) is 0 Å². The van der Waals surface area contributed by atoms with Gasteiger partial charge in [-0.05, 0) is 25.0 Å². The fraction of sp³-hybridized carbons (Fsp3) is 0.600. The number of hydrogen-bond acceptors (Lipinski definition) is 4. The summed E-state index contributed by atoms with van der Waals surface area (Å²) in [6, 6.07) is 10.8. The number of aliphatic hydroxyl groups excluding tert-OH is 1. The first kappa shape index (κ1) is 12.9. The lowest BCUT2D eigenvalue weighted by Gasteiger charge is -2.32. The fourth-order valence-corrected chi connectivity index (χ4v) is 3.13. The van der Waals surface area contributed by atoms with Gasteiger partial charge >= 0.3 is 0 Å². The zero-order valence-electron chi connectivity index (χ0n) is 11.2. The van der Waals surface area contributed by atoms with Gasteiger partial charge < -0.3 is 15.2 Å². The quantitative estimate of drug-likeness (QED) is 0.862. The molecule has 19 heavy (non-hydrogen) atoms. The predicted molar refractivity (Wildman–Crippen MR) is 75.3 cm³/mol. The molecule has 3 rings (SSSR count). The summed E-state index contributed by atoms with van der Waals surface area (Å²) in [6.45, 7) is 3.64. The average molecular weight is 262 g/mol. The van der Waals surface area contributed by atoms with Crippen LogP contribution in [-0.4, -0.2) is 54.5 Å². The second-order valence-electron chi connectivity index (χ2n) is 5.46. The molecule has 3 unspecified atom stereocenters. The number of hydrogen-bond donors (Lipinski definition) is 2. The Morgan fingerprint density at radius 1 is 1.11 bits per heavy atom. The van der Waals surface area contributed by atoms with Gasteiger partial charge in [0.2, 0.25) is 0 Å². The summed E-state index contributed by atoms with van der Waals surface area (Å²) in [4.78, 5) is 2.46. The molecule has 1 aliphatic heterocycles. The lowest BCUT2D eigenvalue weighted by Crippen LogP contribution is -2.42. The van der Waals surface area contributed by atoms with Crippen molar-refractivity contribution in [2.75, 3.05) is 31.6 Å². The maximum absolute atomic E-state index is 10.2. The molecule has 1 aromatic rings. The Balaban J connectivity index is 1.58. The Hall–Kier alpha value is -1.10. The molecular formula is C15H22N2O2. The smallest absolute Gasteiger partial charge is 0.0756 e. The number of benzene rings is 1. The summed E-state index contributed by atoms with van der Waals surface area (Å²) in [5.74, 6) is 0. The standard InChI is InChI=1S/C15H22N2O2/c18-15-11-13(17-6-8-19-9-7-17)10-14(15)16-12-4-2-1-3-5-12/h1-5,13-16,18H,6-11H2. The summed E-state index contributed by atoms with van der Waals surface area (Å²) in [5, 5.41) is 13.7. The Morgan fingerprint density at radius 2 is 1.84 bits per heavy atom. The summed E-state index contributed by atoms with van der Waals surface area (Å²) in [5.41, 5.74) is 1.09. The molecule has 0 aromatic heterocycles. The summed E-state index contributed by atoms with van der Waals surface area (Å²) in [6.07, 6.45) is 1.62. The number of para-hydroxylation sites is 1. The van der Waals surface area contributed by atoms with Crippen LogP contribution in [0, 0.1) is 0 Å². The van der Waals surface area contributed by atoms with Gasteiger partial charge in [-0.3, -0.25) is 4.90 Å². The zero-order valence-corrected chi connectivity index (χ0v) is 11.2. The van der Waals surface area contributed by atoms with E-state index in [1.54, 1.807) is 0 Å². The molecule has 0 amide bonds. The van der Waals surface area contributed by atoms with Gasteiger partial charge in [0.05, 0.1) is 25.4 Å². The lowest BCUT2D eigenvalue weighted by atomic mass is 10.2. The minimum Gasteiger partial charge on any atom is -0.391 e. The highest BCUT2D eigenvalue weighted by Crippen LogP contribution is 2.27. The van der Waals surface area contributed by atoms with Crippen LogP contribution in [0.3, 0.4) is 0 Å². The third kappa shape index (κ3) is 3.08. The lowest BCUT2D eigenvalue weighted by molar-refractivity contribution is 0.0152. The van der Waals surface area contributed by atoms with Gasteiger partial charge in [-0.25, -0.2) is 0 Å². The molecule has 3 atom stereocenters. The van der Waals surface area contributed by atoms with Gasteiger partial charge in [0.1, 0.15) is 0 Å². The number of rotatable bonds is 3. The van der Waals surface area contributed by atoms with Gasteiger partial charge in [-0.1, -0.05) is 18.2 Å². The normalized spacial score (nSPS) is 32.4. The minimum absolute atomic E-state index is 0.162. The Labute approximate surface area is 114 Å². The van der Waals surface area contributed by atoms with Crippen molar-refractivity contribution >= 4 is 5.69 Å². The van der Waals surface area contributed by atoms with Crippen molar-refractivity contribution in [2.24, 2.45) is 0 Å². The Bertz CT molecular complexity index is 392. The predicted octanol–water partition coefficient (Wildman–Crippen LogP) is 1.32. The second kappa shape index (κ2) is 5.90. The molecule has 0 spiro atoms. The van der Waals surface area contributed by atoms with Crippen molar-refractivity contribution in [3.63, 3.8) is 0 Å². The molecule has 1 aliphatic carbocycles.